The fraction of sp³-hybridized carbons (Fsp3) is 0.667. The topological polar surface area (TPSA) is 24.7 Å². The van der Waals surface area contributed by atoms with E-state index >= 15 is 0 Å². The van der Waals surface area contributed by atoms with Crippen LogP contribution in [-0.2, 0) is 5.60 Å². The summed E-state index contributed by atoms with van der Waals surface area (Å²) in [5, 5.41) is 11.1. The number of likely N-dealkylation sites (tertiary alicyclic amines) is 1. The first kappa shape index (κ1) is 14.1. The third-order valence-electron chi connectivity index (χ3n) is 5.67. The minimum atomic E-state index is -0.612. The van der Waals surface area contributed by atoms with E-state index in [0.717, 1.165) is 31.1 Å². The molecule has 1 aromatic rings. The van der Waals surface area contributed by atoms with E-state index in [1.54, 1.807) is 4.90 Å². The van der Waals surface area contributed by atoms with Crippen LogP contribution in [0.25, 0.3) is 0 Å². The summed E-state index contributed by atoms with van der Waals surface area (Å²) < 4.78 is 0. The van der Waals surface area contributed by atoms with Crippen molar-refractivity contribution in [3.8, 4) is 0 Å². The Balaban J connectivity index is 1.70. The Morgan fingerprint density at radius 2 is 1.80 bits per heavy atom. The Bertz CT molecular complexity index is 426. The van der Waals surface area contributed by atoms with Crippen molar-refractivity contribution >= 4 is 0 Å². The molecule has 2 fully saturated rings. The Morgan fingerprint density at radius 3 is 2.45 bits per heavy atom. The number of aliphatic hydroxyl groups is 1. The van der Waals surface area contributed by atoms with Crippen molar-refractivity contribution in [2.75, 3.05) is 13.1 Å². The first-order valence-electron chi connectivity index (χ1n) is 8.32. The predicted molar refractivity (Wildman–Crippen MR) is 81.7 cm³/mol. The molecule has 0 aromatic heterocycles. The molecule has 20 heavy (non-hydrogen) atoms. The third-order valence-corrected chi connectivity index (χ3v) is 5.67. The van der Waals surface area contributed by atoms with Gasteiger partial charge in [0.05, 0.1) is 19.1 Å². The molecule has 2 heteroatoms. The van der Waals surface area contributed by atoms with Gasteiger partial charge in [-0.15, -0.1) is 0 Å². The zero-order valence-electron chi connectivity index (χ0n) is 12.6. The summed E-state index contributed by atoms with van der Waals surface area (Å²) in [5.74, 6) is 0.343. The summed E-state index contributed by atoms with van der Waals surface area (Å²) in [5.41, 5.74) is 0.495. The van der Waals surface area contributed by atoms with Crippen LogP contribution >= 0.6 is 0 Å². The number of hydrogen-bond donors (Lipinski definition) is 2. The lowest BCUT2D eigenvalue weighted by atomic mass is 9.76. The van der Waals surface area contributed by atoms with E-state index in [1.807, 2.05) is 18.2 Å². The van der Waals surface area contributed by atoms with Gasteiger partial charge < -0.3 is 10.0 Å². The molecule has 0 radical (unpaired) electrons. The highest BCUT2D eigenvalue weighted by Crippen LogP contribution is 2.34. The van der Waals surface area contributed by atoms with Gasteiger partial charge in [-0.25, -0.2) is 0 Å². The van der Waals surface area contributed by atoms with Crippen LogP contribution < -0.4 is 4.90 Å². The molecular formula is C18H28NO+. The van der Waals surface area contributed by atoms with E-state index in [0.29, 0.717) is 5.92 Å². The number of nitrogens with one attached hydrogen (secondary N) is 1. The summed E-state index contributed by atoms with van der Waals surface area (Å²) in [4.78, 5) is 1.75. The first-order valence-corrected chi connectivity index (χ1v) is 8.32. The van der Waals surface area contributed by atoms with Gasteiger partial charge in [-0.05, 0) is 31.2 Å². The van der Waals surface area contributed by atoms with Crippen molar-refractivity contribution in [3.05, 3.63) is 35.9 Å². The fourth-order valence-electron chi connectivity index (χ4n) is 4.30. The maximum absolute atomic E-state index is 11.1. The SMILES string of the molecule is C[C@@H]1C[NH+](C2CCCCC2)CC[C@]1(O)c1ccccc1. The van der Waals surface area contributed by atoms with Gasteiger partial charge in [-0.3, -0.25) is 0 Å². The first-order chi connectivity index (χ1) is 9.70. The Hall–Kier alpha value is -0.860. The predicted octanol–water partition coefficient (Wildman–Crippen LogP) is 2.13. The summed E-state index contributed by atoms with van der Waals surface area (Å²) in [6.45, 7) is 4.48. The molecule has 3 atom stereocenters. The van der Waals surface area contributed by atoms with E-state index in [9.17, 15) is 5.11 Å². The van der Waals surface area contributed by atoms with Gasteiger partial charge in [0.2, 0.25) is 0 Å². The lowest BCUT2D eigenvalue weighted by molar-refractivity contribution is -0.937. The van der Waals surface area contributed by atoms with Gasteiger partial charge >= 0.3 is 0 Å². The third kappa shape index (κ3) is 2.64. The van der Waals surface area contributed by atoms with Crippen molar-refractivity contribution < 1.29 is 10.0 Å². The summed E-state index contributed by atoms with van der Waals surface area (Å²) in [7, 11) is 0. The van der Waals surface area contributed by atoms with Crippen molar-refractivity contribution in [3.63, 3.8) is 0 Å². The van der Waals surface area contributed by atoms with E-state index in [4.69, 9.17) is 0 Å². The monoisotopic (exact) mass is 274 g/mol. The van der Waals surface area contributed by atoms with Crippen molar-refractivity contribution in [1.82, 2.24) is 0 Å². The molecule has 110 valence electrons. The standard InChI is InChI=1S/C18H27NO/c1-15-14-19(17-10-6-3-7-11-17)13-12-18(15,20)16-8-4-2-5-9-16/h2,4-5,8-9,15,17,20H,3,6-7,10-14H2,1H3/p+1/t15-,18-/m1/s1. The lowest BCUT2D eigenvalue weighted by Crippen LogP contribution is -3.18. The Labute approximate surface area is 122 Å². The highest BCUT2D eigenvalue weighted by molar-refractivity contribution is 5.23. The number of piperidine rings is 1. The van der Waals surface area contributed by atoms with Gasteiger partial charge in [-0.2, -0.15) is 0 Å². The minimum Gasteiger partial charge on any atom is -0.384 e. The number of hydrogen-bond acceptors (Lipinski definition) is 1. The molecule has 3 rings (SSSR count). The zero-order valence-corrected chi connectivity index (χ0v) is 12.6. The van der Waals surface area contributed by atoms with Crippen LogP contribution in [0.4, 0.5) is 0 Å². The van der Waals surface area contributed by atoms with E-state index in [1.165, 1.54) is 32.1 Å². The molecule has 2 N–H and O–H groups in total. The molecule has 0 amide bonds. The molecule has 2 nitrogen and oxygen atoms in total. The molecule has 1 heterocycles. The molecule has 1 saturated carbocycles. The number of quaternary nitrogens is 1. The highest BCUT2D eigenvalue weighted by Gasteiger charge is 2.44. The summed E-state index contributed by atoms with van der Waals surface area (Å²) in [6.07, 6.45) is 7.94. The number of benzene rings is 1. The van der Waals surface area contributed by atoms with Crippen LogP contribution in [0, 0.1) is 5.92 Å². The highest BCUT2D eigenvalue weighted by atomic mass is 16.3. The molecule has 1 aliphatic carbocycles. The van der Waals surface area contributed by atoms with Gasteiger partial charge in [0.1, 0.15) is 5.60 Å². The van der Waals surface area contributed by atoms with Gasteiger partial charge in [0.15, 0.2) is 0 Å². The van der Waals surface area contributed by atoms with Crippen molar-refractivity contribution in [2.45, 2.75) is 57.1 Å². The van der Waals surface area contributed by atoms with Crippen LogP contribution in [0.5, 0.6) is 0 Å². The van der Waals surface area contributed by atoms with Crippen LogP contribution in [-0.4, -0.2) is 24.2 Å². The van der Waals surface area contributed by atoms with E-state index in [-0.39, 0.29) is 0 Å². The van der Waals surface area contributed by atoms with Crippen LogP contribution in [0.15, 0.2) is 30.3 Å². The zero-order chi connectivity index (χ0) is 14.0. The molecule has 2 aliphatic rings. The van der Waals surface area contributed by atoms with Crippen LogP contribution in [0.1, 0.15) is 51.0 Å². The second-order valence-electron chi connectivity index (χ2n) is 6.89. The lowest BCUT2D eigenvalue weighted by Gasteiger charge is -2.44. The molecule has 1 aromatic carbocycles. The van der Waals surface area contributed by atoms with Crippen molar-refractivity contribution in [2.24, 2.45) is 5.92 Å². The van der Waals surface area contributed by atoms with E-state index < -0.39 is 5.60 Å². The maximum Gasteiger partial charge on any atom is 0.103 e. The van der Waals surface area contributed by atoms with Gasteiger partial charge in [-0.1, -0.05) is 43.7 Å². The molecular weight excluding hydrogens is 246 g/mol. The average molecular weight is 274 g/mol. The fourth-order valence-corrected chi connectivity index (χ4v) is 4.30. The molecule has 1 unspecified atom stereocenters. The Kier molecular flexibility index (Phi) is 4.13. The van der Waals surface area contributed by atoms with Crippen LogP contribution in [0.3, 0.4) is 0 Å². The molecule has 1 aliphatic heterocycles. The summed E-state index contributed by atoms with van der Waals surface area (Å²) in [6, 6.07) is 11.1. The van der Waals surface area contributed by atoms with Gasteiger partial charge in [0.25, 0.3) is 0 Å². The molecule has 0 bridgehead atoms. The van der Waals surface area contributed by atoms with Crippen LogP contribution in [0.2, 0.25) is 0 Å². The number of rotatable bonds is 2. The molecule has 0 spiro atoms. The summed E-state index contributed by atoms with van der Waals surface area (Å²) >= 11 is 0. The minimum absolute atomic E-state index is 0.343. The maximum atomic E-state index is 11.1. The Morgan fingerprint density at radius 1 is 1.10 bits per heavy atom. The quantitative estimate of drug-likeness (QED) is 0.848. The van der Waals surface area contributed by atoms with Gasteiger partial charge in [0, 0.05) is 12.3 Å². The largest absolute Gasteiger partial charge is 0.384 e. The average Bonchev–Trinajstić information content (AvgIpc) is 2.52. The second kappa shape index (κ2) is 5.87. The smallest absolute Gasteiger partial charge is 0.103 e. The van der Waals surface area contributed by atoms with Crippen molar-refractivity contribution in [1.29, 1.82) is 0 Å². The van der Waals surface area contributed by atoms with E-state index in [2.05, 4.69) is 19.1 Å². The normalized spacial score (nSPS) is 35.9. The second-order valence-corrected chi connectivity index (χ2v) is 6.89. The molecule has 1 saturated heterocycles.